The van der Waals surface area contributed by atoms with Crippen LogP contribution < -0.4 is 0 Å². The molecule has 1 rings (SSSR count). The minimum Gasteiger partial charge on any atom is -0.444 e. The summed E-state index contributed by atoms with van der Waals surface area (Å²) in [5.74, 6) is 0.188. The van der Waals surface area contributed by atoms with Crippen LogP contribution in [0.15, 0.2) is 0 Å². The highest BCUT2D eigenvalue weighted by molar-refractivity contribution is 5.70. The number of carbonyl (C=O) groups is 2. The number of nitrogens with zero attached hydrogens (tertiary/aromatic N) is 1. The van der Waals surface area contributed by atoms with Gasteiger partial charge in [0.05, 0.1) is 0 Å². The monoisotopic (exact) mass is 245 g/mol. The molecule has 0 radical (unpaired) electrons. The van der Waals surface area contributed by atoms with E-state index in [4.69, 9.17) is 9.84 Å². The van der Waals surface area contributed by atoms with E-state index in [1.54, 1.807) is 4.90 Å². The second-order valence-electron chi connectivity index (χ2n) is 5.16. The van der Waals surface area contributed by atoms with Gasteiger partial charge >= 0.3 is 6.09 Å². The van der Waals surface area contributed by atoms with E-state index in [-0.39, 0.29) is 17.9 Å². The van der Waals surface area contributed by atoms with Crippen molar-refractivity contribution in [3.05, 3.63) is 0 Å². The highest BCUT2D eigenvalue weighted by Crippen LogP contribution is 2.22. The minimum atomic E-state index is -0.473. The summed E-state index contributed by atoms with van der Waals surface area (Å²) in [5, 5.41) is 7.00. The van der Waals surface area contributed by atoms with Crippen LogP contribution in [0.3, 0.4) is 0 Å². The molecule has 0 aromatic heterocycles. The van der Waals surface area contributed by atoms with Gasteiger partial charge in [-0.15, -0.1) is 0 Å². The number of aliphatic hydroxyl groups excluding tert-OH is 1. The molecule has 5 nitrogen and oxygen atoms in total. The molecule has 1 heterocycles. The Morgan fingerprint density at radius 2 is 1.88 bits per heavy atom. The lowest BCUT2D eigenvalue weighted by Gasteiger charge is -2.24. The summed E-state index contributed by atoms with van der Waals surface area (Å²) in [6.45, 7) is 8.58. The average Bonchev–Trinajstić information content (AvgIpc) is 2.60. The molecule has 1 aliphatic heterocycles. The maximum Gasteiger partial charge on any atom is 0.410 e. The Labute approximate surface area is 103 Å². The summed E-state index contributed by atoms with van der Waals surface area (Å²) in [6.07, 6.45) is 0.605. The van der Waals surface area contributed by atoms with Crippen LogP contribution in [0.25, 0.3) is 0 Å². The lowest BCUT2D eigenvalue weighted by Crippen LogP contribution is -2.35. The lowest BCUT2D eigenvalue weighted by atomic mass is 10.0. The van der Waals surface area contributed by atoms with Crippen molar-refractivity contribution in [3.8, 4) is 0 Å². The minimum absolute atomic E-state index is 0.0440. The fraction of sp³-hybridized carbons (Fsp3) is 0.833. The number of aliphatic hydroxyl groups is 1. The van der Waals surface area contributed by atoms with Crippen molar-refractivity contribution in [2.45, 2.75) is 33.3 Å². The average molecular weight is 245 g/mol. The second-order valence-corrected chi connectivity index (χ2v) is 5.16. The van der Waals surface area contributed by atoms with Crippen LogP contribution in [0.5, 0.6) is 0 Å². The maximum atomic E-state index is 11.7. The van der Waals surface area contributed by atoms with Crippen molar-refractivity contribution in [3.63, 3.8) is 0 Å². The zero-order chi connectivity index (χ0) is 13.6. The Morgan fingerprint density at radius 3 is 2.24 bits per heavy atom. The first-order valence-electron chi connectivity index (χ1n) is 5.71. The molecule has 0 aliphatic carbocycles. The topological polar surface area (TPSA) is 66.8 Å². The van der Waals surface area contributed by atoms with E-state index in [9.17, 15) is 9.59 Å². The molecule has 1 aliphatic rings. The molecular weight excluding hydrogens is 222 g/mol. The number of rotatable bonds is 1. The molecule has 0 aromatic rings. The summed E-state index contributed by atoms with van der Waals surface area (Å²) in [4.78, 5) is 24.0. The first-order chi connectivity index (χ1) is 7.83. The van der Waals surface area contributed by atoms with Crippen LogP contribution in [0, 0.1) is 11.8 Å². The van der Waals surface area contributed by atoms with Crippen LogP contribution in [0.4, 0.5) is 4.79 Å². The van der Waals surface area contributed by atoms with Gasteiger partial charge in [0.15, 0.2) is 0 Å². The standard InChI is InChI=1S/C11H19NO3.CH4O/c1-8-5-12(6-9(8)7-13)10(14)15-11(2,3)4;1-2/h7-9H,5-6H2,1-4H3;2H,1H3. The van der Waals surface area contributed by atoms with Crippen LogP contribution in [-0.2, 0) is 9.53 Å². The molecular formula is C12H23NO4. The van der Waals surface area contributed by atoms with Crippen molar-refractivity contribution in [2.24, 2.45) is 11.8 Å². The molecule has 1 N–H and O–H groups in total. The van der Waals surface area contributed by atoms with Crippen LogP contribution in [0.2, 0.25) is 0 Å². The van der Waals surface area contributed by atoms with Crippen molar-refractivity contribution in [1.82, 2.24) is 4.90 Å². The molecule has 1 saturated heterocycles. The Hall–Kier alpha value is -1.10. The quantitative estimate of drug-likeness (QED) is 0.707. The Bertz CT molecular complexity index is 260. The van der Waals surface area contributed by atoms with Gasteiger partial charge in [-0.25, -0.2) is 4.79 Å². The number of aldehydes is 1. The largest absolute Gasteiger partial charge is 0.444 e. The molecule has 0 aromatic carbocycles. The highest BCUT2D eigenvalue weighted by Gasteiger charge is 2.34. The van der Waals surface area contributed by atoms with Crippen molar-refractivity contribution in [2.75, 3.05) is 20.2 Å². The third kappa shape index (κ3) is 5.17. The van der Waals surface area contributed by atoms with Crippen molar-refractivity contribution >= 4 is 12.4 Å². The number of carbonyl (C=O) groups excluding carboxylic acids is 2. The van der Waals surface area contributed by atoms with Gasteiger partial charge in [-0.05, 0) is 26.7 Å². The van der Waals surface area contributed by atoms with E-state index in [0.29, 0.717) is 13.1 Å². The molecule has 1 amide bonds. The maximum absolute atomic E-state index is 11.7. The predicted molar refractivity (Wildman–Crippen MR) is 64.7 cm³/mol. The molecule has 0 bridgehead atoms. The van der Waals surface area contributed by atoms with Gasteiger partial charge < -0.3 is 19.5 Å². The summed E-state index contributed by atoms with van der Waals surface area (Å²) >= 11 is 0. The van der Waals surface area contributed by atoms with E-state index in [1.165, 1.54) is 0 Å². The zero-order valence-electron chi connectivity index (χ0n) is 11.3. The Kier molecular flexibility index (Phi) is 6.16. The third-order valence-electron chi connectivity index (χ3n) is 2.50. The van der Waals surface area contributed by atoms with E-state index in [0.717, 1.165) is 13.4 Å². The Morgan fingerprint density at radius 1 is 1.35 bits per heavy atom. The van der Waals surface area contributed by atoms with Crippen LogP contribution in [0.1, 0.15) is 27.7 Å². The SMILES string of the molecule is CC1CN(C(=O)OC(C)(C)C)CC1C=O.CO. The van der Waals surface area contributed by atoms with E-state index < -0.39 is 5.60 Å². The van der Waals surface area contributed by atoms with Crippen LogP contribution in [-0.4, -0.2) is 48.2 Å². The first kappa shape index (κ1) is 15.9. The summed E-state index contributed by atoms with van der Waals surface area (Å²) in [7, 11) is 1.00. The fourth-order valence-electron chi connectivity index (χ4n) is 1.64. The Balaban J connectivity index is 0.00000121. The molecule has 0 saturated carbocycles. The molecule has 17 heavy (non-hydrogen) atoms. The summed E-state index contributed by atoms with van der Waals surface area (Å²) in [5.41, 5.74) is -0.473. The van der Waals surface area contributed by atoms with Gasteiger partial charge in [-0.1, -0.05) is 6.92 Å². The van der Waals surface area contributed by atoms with Gasteiger partial charge in [0, 0.05) is 26.1 Å². The van der Waals surface area contributed by atoms with Gasteiger partial charge in [0.25, 0.3) is 0 Å². The summed E-state index contributed by atoms with van der Waals surface area (Å²) < 4.78 is 5.23. The van der Waals surface area contributed by atoms with Gasteiger partial charge in [-0.2, -0.15) is 0 Å². The summed E-state index contributed by atoms with van der Waals surface area (Å²) in [6, 6.07) is 0. The third-order valence-corrected chi connectivity index (χ3v) is 2.50. The van der Waals surface area contributed by atoms with E-state index in [1.807, 2.05) is 27.7 Å². The zero-order valence-corrected chi connectivity index (χ0v) is 11.3. The highest BCUT2D eigenvalue weighted by atomic mass is 16.6. The molecule has 5 heteroatoms. The van der Waals surface area contributed by atoms with Crippen molar-refractivity contribution in [1.29, 1.82) is 0 Å². The lowest BCUT2D eigenvalue weighted by molar-refractivity contribution is -0.111. The fourth-order valence-corrected chi connectivity index (χ4v) is 1.64. The molecule has 2 atom stereocenters. The molecule has 1 fully saturated rings. The van der Waals surface area contributed by atoms with Crippen LogP contribution >= 0.6 is 0 Å². The molecule has 100 valence electrons. The number of ether oxygens (including phenoxy) is 1. The molecule has 2 unspecified atom stereocenters. The first-order valence-corrected chi connectivity index (χ1v) is 5.71. The second kappa shape index (κ2) is 6.59. The predicted octanol–water partition coefficient (Wildman–Crippen LogP) is 1.30. The van der Waals surface area contributed by atoms with E-state index >= 15 is 0 Å². The van der Waals surface area contributed by atoms with Gasteiger partial charge in [0.1, 0.15) is 11.9 Å². The smallest absolute Gasteiger partial charge is 0.410 e. The molecule has 0 spiro atoms. The van der Waals surface area contributed by atoms with E-state index in [2.05, 4.69) is 0 Å². The normalized spacial score (nSPS) is 23.8. The van der Waals surface area contributed by atoms with Crippen molar-refractivity contribution < 1.29 is 19.4 Å². The number of hydrogen-bond acceptors (Lipinski definition) is 4. The number of hydrogen-bond donors (Lipinski definition) is 1. The number of amides is 1. The van der Waals surface area contributed by atoms with Gasteiger partial charge in [-0.3, -0.25) is 0 Å². The van der Waals surface area contributed by atoms with Gasteiger partial charge in [0.2, 0.25) is 0 Å². The number of likely N-dealkylation sites (tertiary alicyclic amines) is 1.